The van der Waals surface area contributed by atoms with Crippen LogP contribution in [0.15, 0.2) is 44.9 Å². The van der Waals surface area contributed by atoms with E-state index in [9.17, 15) is 24.8 Å². The van der Waals surface area contributed by atoms with Crippen LogP contribution in [0.2, 0.25) is 0 Å². The zero-order chi connectivity index (χ0) is 19.6. The Morgan fingerprint density at radius 2 is 2.15 bits per heavy atom. The number of aliphatic hydroxyl groups is 1. The number of H-pyrrole nitrogens is 1. The number of nitro benzene ring substituents is 1. The lowest BCUT2D eigenvalue weighted by Gasteiger charge is -2.15. The summed E-state index contributed by atoms with van der Waals surface area (Å²) in [5.41, 5.74) is -0.641. The Bertz CT molecular complexity index is 960. The Morgan fingerprint density at radius 3 is 2.85 bits per heavy atom. The minimum atomic E-state index is -0.631. The van der Waals surface area contributed by atoms with Crippen molar-refractivity contribution in [1.82, 2.24) is 9.55 Å². The van der Waals surface area contributed by atoms with Crippen molar-refractivity contribution in [2.75, 3.05) is 6.61 Å². The van der Waals surface area contributed by atoms with Crippen molar-refractivity contribution >= 4 is 27.3 Å². The molecule has 2 aromatic rings. The van der Waals surface area contributed by atoms with Gasteiger partial charge in [-0.2, -0.15) is 0 Å². The van der Waals surface area contributed by atoms with Gasteiger partial charge in [0.25, 0.3) is 11.2 Å². The zero-order valence-electron chi connectivity index (χ0n) is 14.2. The number of nitro groups is 1. The Balaban J connectivity index is 1.76. The number of hydrogen-bond donors (Lipinski definition) is 2. The molecule has 3 atom stereocenters. The molecule has 2 heterocycles. The summed E-state index contributed by atoms with van der Waals surface area (Å²) in [6.45, 7) is 1.34. The van der Waals surface area contributed by atoms with Gasteiger partial charge in [-0.3, -0.25) is 24.5 Å². The second-order valence-corrected chi connectivity index (χ2v) is 8.45. The third-order valence-corrected chi connectivity index (χ3v) is 7.07. The molecule has 1 aliphatic heterocycles. The number of aromatic amines is 1. The second-order valence-electron chi connectivity index (χ2n) is 5.97. The summed E-state index contributed by atoms with van der Waals surface area (Å²) in [6, 6.07) is 6.41. The molecule has 1 aliphatic rings. The van der Waals surface area contributed by atoms with E-state index >= 15 is 0 Å². The second kappa shape index (κ2) is 8.30. The van der Waals surface area contributed by atoms with E-state index in [4.69, 9.17) is 4.74 Å². The first kappa shape index (κ1) is 19.7. The van der Waals surface area contributed by atoms with Gasteiger partial charge in [0, 0.05) is 29.5 Å². The van der Waals surface area contributed by atoms with Crippen molar-refractivity contribution < 1.29 is 14.8 Å². The predicted octanol–water partition coefficient (Wildman–Crippen LogP) is 1.84. The molecule has 27 heavy (non-hydrogen) atoms. The lowest BCUT2D eigenvalue weighted by atomic mass is 10.2. The fourth-order valence-electron chi connectivity index (χ4n) is 2.73. The number of para-hydroxylation sites is 1. The highest BCUT2D eigenvalue weighted by molar-refractivity contribution is 8.77. The number of aliphatic hydroxyl groups excluding tert-OH is 1. The van der Waals surface area contributed by atoms with E-state index < -0.39 is 28.5 Å². The molecule has 0 aliphatic carbocycles. The van der Waals surface area contributed by atoms with Gasteiger partial charge in [0.15, 0.2) is 0 Å². The molecule has 0 saturated carbocycles. The average molecular weight is 411 g/mol. The summed E-state index contributed by atoms with van der Waals surface area (Å²) in [5.74, 6) is 0. The van der Waals surface area contributed by atoms with Gasteiger partial charge in [0.05, 0.1) is 22.5 Å². The number of benzene rings is 1. The van der Waals surface area contributed by atoms with Crippen LogP contribution in [0.3, 0.4) is 0 Å². The monoisotopic (exact) mass is 411 g/mol. The molecule has 1 aromatic heterocycles. The van der Waals surface area contributed by atoms with Crippen molar-refractivity contribution in [2.24, 2.45) is 0 Å². The SMILES string of the molecule is Cc1cn([C@H]2CC(SSc3ccccc3[N+](=O)[O-])[C@@H](CO)O2)c(=O)[nH]c1=O. The first-order chi connectivity index (χ1) is 12.9. The molecule has 1 saturated heterocycles. The summed E-state index contributed by atoms with van der Waals surface area (Å²) < 4.78 is 7.08. The highest BCUT2D eigenvalue weighted by Gasteiger charge is 2.37. The Kier molecular flexibility index (Phi) is 6.05. The number of rotatable bonds is 6. The molecular weight excluding hydrogens is 394 g/mol. The number of hydrogen-bond acceptors (Lipinski definition) is 8. The Labute approximate surface area is 161 Å². The van der Waals surface area contributed by atoms with E-state index in [1.165, 1.54) is 38.4 Å². The van der Waals surface area contributed by atoms with E-state index in [0.717, 1.165) is 0 Å². The quantitative estimate of drug-likeness (QED) is 0.419. The number of nitrogens with zero attached hydrogens (tertiary/aromatic N) is 2. The van der Waals surface area contributed by atoms with Gasteiger partial charge >= 0.3 is 5.69 Å². The van der Waals surface area contributed by atoms with Crippen molar-refractivity contribution in [3.8, 4) is 0 Å². The van der Waals surface area contributed by atoms with Crippen LogP contribution < -0.4 is 11.2 Å². The molecule has 2 N–H and O–H groups in total. The predicted molar refractivity (Wildman–Crippen MR) is 102 cm³/mol. The molecule has 3 rings (SSSR count). The van der Waals surface area contributed by atoms with Crippen molar-refractivity contribution in [1.29, 1.82) is 0 Å². The smallest absolute Gasteiger partial charge is 0.330 e. The summed E-state index contributed by atoms with van der Waals surface area (Å²) in [6.07, 6.45) is 0.681. The van der Waals surface area contributed by atoms with Gasteiger partial charge in [-0.05, 0) is 13.0 Å². The van der Waals surface area contributed by atoms with E-state index in [0.29, 0.717) is 16.9 Å². The van der Waals surface area contributed by atoms with Gasteiger partial charge in [-0.25, -0.2) is 4.79 Å². The number of aryl methyl sites for hydroxylation is 1. The van der Waals surface area contributed by atoms with Gasteiger partial charge < -0.3 is 9.84 Å². The van der Waals surface area contributed by atoms with Gasteiger partial charge in [-0.15, -0.1) is 0 Å². The Hall–Kier alpha value is -2.08. The third kappa shape index (κ3) is 4.26. The molecular formula is C16H17N3O6S2. The maximum absolute atomic E-state index is 12.1. The van der Waals surface area contributed by atoms with Crippen LogP contribution in [-0.4, -0.2) is 37.5 Å². The van der Waals surface area contributed by atoms with Crippen LogP contribution in [0.1, 0.15) is 18.2 Å². The molecule has 1 aromatic carbocycles. The topological polar surface area (TPSA) is 127 Å². The fourth-order valence-corrected chi connectivity index (χ4v) is 5.55. The van der Waals surface area contributed by atoms with Crippen molar-refractivity contribution in [3.05, 3.63) is 67.0 Å². The largest absolute Gasteiger partial charge is 0.394 e. The van der Waals surface area contributed by atoms with Gasteiger partial charge in [0.1, 0.15) is 6.23 Å². The van der Waals surface area contributed by atoms with Crippen LogP contribution in [0.5, 0.6) is 0 Å². The Morgan fingerprint density at radius 1 is 1.41 bits per heavy atom. The van der Waals surface area contributed by atoms with Crippen LogP contribution in [-0.2, 0) is 4.74 Å². The first-order valence-corrected chi connectivity index (χ1v) is 10.3. The highest BCUT2D eigenvalue weighted by Crippen LogP contribution is 2.45. The minimum absolute atomic E-state index is 0.0125. The first-order valence-electron chi connectivity index (χ1n) is 8.06. The van der Waals surface area contributed by atoms with Crippen LogP contribution in [0, 0.1) is 17.0 Å². The molecule has 0 radical (unpaired) electrons. The molecule has 0 bridgehead atoms. The van der Waals surface area contributed by atoms with Crippen molar-refractivity contribution in [3.63, 3.8) is 0 Å². The summed E-state index contributed by atoms with van der Waals surface area (Å²) in [7, 11) is 2.59. The molecule has 1 fully saturated rings. The van der Waals surface area contributed by atoms with Gasteiger partial charge in [-0.1, -0.05) is 33.7 Å². The fraction of sp³-hybridized carbons (Fsp3) is 0.375. The van der Waals surface area contributed by atoms with Crippen LogP contribution in [0.4, 0.5) is 5.69 Å². The molecule has 11 heteroatoms. The molecule has 0 amide bonds. The number of aromatic nitrogens is 2. The van der Waals surface area contributed by atoms with Crippen LogP contribution in [0.25, 0.3) is 0 Å². The van der Waals surface area contributed by atoms with E-state index in [1.807, 2.05) is 0 Å². The highest BCUT2D eigenvalue weighted by atomic mass is 33.1. The molecule has 9 nitrogen and oxygen atoms in total. The molecule has 1 unspecified atom stereocenters. The summed E-state index contributed by atoms with van der Waals surface area (Å²) >= 11 is 0. The van der Waals surface area contributed by atoms with E-state index in [1.54, 1.807) is 25.1 Å². The van der Waals surface area contributed by atoms with E-state index in [2.05, 4.69) is 4.98 Å². The maximum atomic E-state index is 12.1. The average Bonchev–Trinajstić information content (AvgIpc) is 3.06. The van der Waals surface area contributed by atoms with Crippen LogP contribution >= 0.6 is 21.6 Å². The molecule has 144 valence electrons. The normalized spacial score (nSPS) is 22.1. The lowest BCUT2D eigenvalue weighted by Crippen LogP contribution is -2.33. The lowest BCUT2D eigenvalue weighted by molar-refractivity contribution is -0.387. The zero-order valence-corrected chi connectivity index (χ0v) is 15.9. The summed E-state index contributed by atoms with van der Waals surface area (Å²) in [4.78, 5) is 37.0. The maximum Gasteiger partial charge on any atom is 0.330 e. The minimum Gasteiger partial charge on any atom is -0.394 e. The standard InChI is InChI=1S/C16H17N3O6S2/c1-9-7-18(16(22)17-15(9)21)14-6-13(11(8-20)25-14)27-26-12-5-3-2-4-10(12)19(23)24/h2-5,7,11,13-14,20H,6,8H2,1H3,(H,17,21,22)/t11-,13?,14-/m1/s1. The number of nitrogens with one attached hydrogen (secondary N) is 1. The third-order valence-electron chi connectivity index (χ3n) is 4.14. The van der Waals surface area contributed by atoms with Crippen molar-refractivity contribution in [2.45, 2.75) is 35.8 Å². The van der Waals surface area contributed by atoms with Gasteiger partial charge in [0.2, 0.25) is 0 Å². The summed E-state index contributed by atoms with van der Waals surface area (Å²) in [5, 5.41) is 20.5. The number of ether oxygens (including phenoxy) is 1. The molecule has 0 spiro atoms. The van der Waals surface area contributed by atoms with E-state index in [-0.39, 0.29) is 17.5 Å².